The van der Waals surface area contributed by atoms with Gasteiger partial charge in [-0.05, 0) is 50.2 Å². The summed E-state index contributed by atoms with van der Waals surface area (Å²) in [5, 5.41) is 6.99. The van der Waals surface area contributed by atoms with E-state index >= 15 is 0 Å². The molecule has 0 aliphatic heterocycles. The van der Waals surface area contributed by atoms with E-state index in [0.29, 0.717) is 5.11 Å². The molecular weight excluding hydrogens is 266 g/mol. The van der Waals surface area contributed by atoms with Crippen molar-refractivity contribution in [3.63, 3.8) is 0 Å². The lowest BCUT2D eigenvalue weighted by Gasteiger charge is -2.17. The van der Waals surface area contributed by atoms with Crippen molar-refractivity contribution >= 4 is 23.1 Å². The second-order valence-electron chi connectivity index (χ2n) is 4.90. The Balaban J connectivity index is 1.98. The molecule has 0 saturated carbocycles. The molecule has 0 unspecified atom stereocenters. The van der Waals surface area contributed by atoms with E-state index in [0.717, 1.165) is 11.4 Å². The Morgan fingerprint density at radius 2 is 1.85 bits per heavy atom. The van der Waals surface area contributed by atoms with E-state index in [1.54, 1.807) is 6.20 Å². The number of nitrogens with zero attached hydrogens (tertiary/aromatic N) is 1. The van der Waals surface area contributed by atoms with E-state index in [4.69, 9.17) is 12.2 Å². The predicted octanol–water partition coefficient (Wildman–Crippen LogP) is 3.75. The summed E-state index contributed by atoms with van der Waals surface area (Å²) in [6.07, 6.45) is 1.75. The van der Waals surface area contributed by atoms with Crippen LogP contribution in [0.2, 0.25) is 0 Å². The summed E-state index contributed by atoms with van der Waals surface area (Å²) in [6, 6.07) is 12.5. The summed E-state index contributed by atoms with van der Waals surface area (Å²) in [7, 11) is 0. The highest BCUT2D eigenvalue weighted by Crippen LogP contribution is 2.14. The molecule has 2 N–H and O–H groups in total. The molecule has 0 saturated heterocycles. The Bertz CT molecular complexity index is 593. The van der Waals surface area contributed by atoms with Gasteiger partial charge in [0, 0.05) is 6.20 Å². The molecule has 1 aromatic heterocycles. The molecule has 1 atom stereocenters. The minimum Gasteiger partial charge on any atom is -0.356 e. The Hall–Kier alpha value is -1.94. The van der Waals surface area contributed by atoms with Gasteiger partial charge in [-0.1, -0.05) is 35.9 Å². The SMILES string of the molecule is Cc1ccc([C@@H](C)NC(=S)Nc2ncccc2C)cc1. The monoisotopic (exact) mass is 285 g/mol. The van der Waals surface area contributed by atoms with Gasteiger partial charge in [0.1, 0.15) is 5.82 Å². The van der Waals surface area contributed by atoms with Gasteiger partial charge in [-0.25, -0.2) is 4.98 Å². The lowest BCUT2D eigenvalue weighted by atomic mass is 10.1. The van der Waals surface area contributed by atoms with Crippen LogP contribution in [0.25, 0.3) is 0 Å². The summed E-state index contributed by atoms with van der Waals surface area (Å²) >= 11 is 5.34. The minimum atomic E-state index is 0.152. The molecule has 1 aromatic carbocycles. The minimum absolute atomic E-state index is 0.152. The van der Waals surface area contributed by atoms with Crippen molar-refractivity contribution in [2.45, 2.75) is 26.8 Å². The van der Waals surface area contributed by atoms with Crippen LogP contribution in [0, 0.1) is 13.8 Å². The topological polar surface area (TPSA) is 37.0 Å². The molecule has 4 heteroatoms. The number of nitrogens with one attached hydrogen (secondary N) is 2. The molecule has 2 aromatic rings. The smallest absolute Gasteiger partial charge is 0.172 e. The van der Waals surface area contributed by atoms with E-state index in [1.807, 2.05) is 19.1 Å². The summed E-state index contributed by atoms with van der Waals surface area (Å²) < 4.78 is 0. The van der Waals surface area contributed by atoms with Gasteiger partial charge in [0.15, 0.2) is 5.11 Å². The Morgan fingerprint density at radius 3 is 2.50 bits per heavy atom. The molecule has 3 nitrogen and oxygen atoms in total. The standard InChI is InChI=1S/C16H19N3S/c1-11-6-8-14(9-7-11)13(3)18-16(20)19-15-12(2)5-4-10-17-15/h4-10,13H,1-3H3,(H2,17,18,19,20)/t13-/m1/s1. The number of benzene rings is 1. The lowest BCUT2D eigenvalue weighted by molar-refractivity contribution is 0.722. The Morgan fingerprint density at radius 1 is 1.15 bits per heavy atom. The zero-order chi connectivity index (χ0) is 14.5. The lowest BCUT2D eigenvalue weighted by Crippen LogP contribution is -2.31. The Labute approximate surface area is 125 Å². The van der Waals surface area contributed by atoms with Gasteiger partial charge >= 0.3 is 0 Å². The third kappa shape index (κ3) is 3.78. The molecule has 0 bridgehead atoms. The largest absolute Gasteiger partial charge is 0.356 e. The quantitative estimate of drug-likeness (QED) is 0.842. The van der Waals surface area contributed by atoms with Crippen LogP contribution in [-0.4, -0.2) is 10.1 Å². The molecule has 0 fully saturated rings. The Kier molecular flexibility index (Phi) is 4.69. The van der Waals surface area contributed by atoms with Gasteiger partial charge in [-0.3, -0.25) is 0 Å². The van der Waals surface area contributed by atoms with Crippen molar-refractivity contribution in [2.75, 3.05) is 5.32 Å². The van der Waals surface area contributed by atoms with Crippen molar-refractivity contribution in [3.05, 3.63) is 59.3 Å². The second-order valence-corrected chi connectivity index (χ2v) is 5.31. The fraction of sp³-hybridized carbons (Fsp3) is 0.250. The van der Waals surface area contributed by atoms with Crippen molar-refractivity contribution in [2.24, 2.45) is 0 Å². The molecule has 20 heavy (non-hydrogen) atoms. The van der Waals surface area contributed by atoms with Crippen molar-refractivity contribution in [1.82, 2.24) is 10.3 Å². The number of aromatic nitrogens is 1. The van der Waals surface area contributed by atoms with Crippen LogP contribution in [-0.2, 0) is 0 Å². The number of aryl methyl sites for hydroxylation is 2. The molecule has 2 rings (SSSR count). The first-order chi connectivity index (χ1) is 9.56. The second kappa shape index (κ2) is 6.48. The van der Waals surface area contributed by atoms with Crippen molar-refractivity contribution in [3.8, 4) is 0 Å². The molecule has 1 heterocycles. The zero-order valence-corrected chi connectivity index (χ0v) is 12.8. The average molecular weight is 285 g/mol. The summed E-state index contributed by atoms with van der Waals surface area (Å²) in [6.45, 7) is 6.17. The van der Waals surface area contributed by atoms with Crippen LogP contribution < -0.4 is 10.6 Å². The molecule has 0 spiro atoms. The first-order valence-electron chi connectivity index (χ1n) is 6.62. The summed E-state index contributed by atoms with van der Waals surface area (Å²) in [4.78, 5) is 4.27. The van der Waals surface area contributed by atoms with Crippen LogP contribution in [0.3, 0.4) is 0 Å². The number of anilines is 1. The molecule has 0 aliphatic carbocycles. The fourth-order valence-corrected chi connectivity index (χ4v) is 2.17. The first-order valence-corrected chi connectivity index (χ1v) is 7.03. The third-order valence-electron chi connectivity index (χ3n) is 3.17. The molecular formula is C16H19N3S. The molecule has 0 amide bonds. The number of thiocarbonyl (C=S) groups is 1. The maximum Gasteiger partial charge on any atom is 0.172 e. The van der Waals surface area contributed by atoms with E-state index in [1.165, 1.54) is 11.1 Å². The normalized spacial score (nSPS) is 11.8. The van der Waals surface area contributed by atoms with Crippen LogP contribution in [0.1, 0.15) is 29.7 Å². The van der Waals surface area contributed by atoms with Crippen LogP contribution in [0.5, 0.6) is 0 Å². The molecule has 0 radical (unpaired) electrons. The zero-order valence-electron chi connectivity index (χ0n) is 12.0. The molecule has 104 valence electrons. The number of pyridine rings is 1. The highest BCUT2D eigenvalue weighted by atomic mass is 32.1. The van der Waals surface area contributed by atoms with Crippen molar-refractivity contribution < 1.29 is 0 Å². The van der Waals surface area contributed by atoms with Crippen LogP contribution in [0.15, 0.2) is 42.6 Å². The number of rotatable bonds is 3. The maximum absolute atomic E-state index is 5.34. The van der Waals surface area contributed by atoms with E-state index in [-0.39, 0.29) is 6.04 Å². The number of hydrogen-bond acceptors (Lipinski definition) is 2. The summed E-state index contributed by atoms with van der Waals surface area (Å²) in [5.74, 6) is 0.793. The van der Waals surface area contributed by atoms with E-state index < -0.39 is 0 Å². The van der Waals surface area contributed by atoms with Crippen LogP contribution >= 0.6 is 12.2 Å². The van der Waals surface area contributed by atoms with E-state index in [9.17, 15) is 0 Å². The fourth-order valence-electron chi connectivity index (χ4n) is 1.90. The van der Waals surface area contributed by atoms with Gasteiger partial charge in [0.05, 0.1) is 6.04 Å². The van der Waals surface area contributed by atoms with Gasteiger partial charge in [0.2, 0.25) is 0 Å². The maximum atomic E-state index is 5.34. The summed E-state index contributed by atoms with van der Waals surface area (Å²) in [5.41, 5.74) is 3.53. The van der Waals surface area contributed by atoms with E-state index in [2.05, 4.69) is 53.7 Å². The van der Waals surface area contributed by atoms with Gasteiger partial charge in [-0.2, -0.15) is 0 Å². The van der Waals surface area contributed by atoms with Gasteiger partial charge < -0.3 is 10.6 Å². The van der Waals surface area contributed by atoms with Gasteiger partial charge in [-0.15, -0.1) is 0 Å². The average Bonchev–Trinajstić information content (AvgIpc) is 2.42. The molecule has 0 aliphatic rings. The highest BCUT2D eigenvalue weighted by molar-refractivity contribution is 7.80. The van der Waals surface area contributed by atoms with Crippen LogP contribution in [0.4, 0.5) is 5.82 Å². The first kappa shape index (κ1) is 14.5. The predicted molar refractivity (Wildman–Crippen MR) is 87.9 cm³/mol. The van der Waals surface area contributed by atoms with Crippen molar-refractivity contribution in [1.29, 1.82) is 0 Å². The van der Waals surface area contributed by atoms with Gasteiger partial charge in [0.25, 0.3) is 0 Å². The number of hydrogen-bond donors (Lipinski definition) is 2. The highest BCUT2D eigenvalue weighted by Gasteiger charge is 2.08. The third-order valence-corrected chi connectivity index (χ3v) is 3.39.